The van der Waals surface area contributed by atoms with Gasteiger partial charge in [-0.3, -0.25) is 9.88 Å². The Balaban J connectivity index is 1.48. The third-order valence-corrected chi connectivity index (χ3v) is 5.83. The van der Waals surface area contributed by atoms with Crippen LogP contribution in [-0.4, -0.2) is 54.3 Å². The lowest BCUT2D eigenvalue weighted by Crippen LogP contribution is -2.50. The summed E-state index contributed by atoms with van der Waals surface area (Å²) in [5, 5.41) is 3.19. The van der Waals surface area contributed by atoms with Gasteiger partial charge in [0.05, 0.1) is 13.2 Å². The highest BCUT2D eigenvalue weighted by molar-refractivity contribution is 7.13. The van der Waals surface area contributed by atoms with Crippen LogP contribution in [0.25, 0.3) is 0 Å². The minimum Gasteiger partial charge on any atom is -0.379 e. The SMILES string of the molecule is c1cncc(CN2CCCC3(COCCN(c4nccs4)C3)C2)c1. The van der Waals surface area contributed by atoms with Crippen LogP contribution in [0.3, 0.4) is 0 Å². The van der Waals surface area contributed by atoms with E-state index in [0.29, 0.717) is 0 Å². The molecular weight excluding hydrogens is 320 g/mol. The fraction of sp³-hybridized carbons (Fsp3) is 0.556. The van der Waals surface area contributed by atoms with Gasteiger partial charge in [-0.1, -0.05) is 6.07 Å². The quantitative estimate of drug-likeness (QED) is 0.856. The second-order valence-electron chi connectivity index (χ2n) is 6.96. The van der Waals surface area contributed by atoms with Gasteiger partial charge < -0.3 is 9.64 Å². The standard InChI is InChI=1S/C18H24N4OS/c1-3-16(11-19-5-1)12-21-7-2-4-18(13-21)14-22(8-9-23-15-18)17-20-6-10-24-17/h1,3,5-6,10-11H,2,4,7-9,12-15H2. The molecule has 4 rings (SSSR count). The molecule has 0 amide bonds. The maximum absolute atomic E-state index is 6.01. The van der Waals surface area contributed by atoms with Gasteiger partial charge in [-0.15, -0.1) is 11.3 Å². The van der Waals surface area contributed by atoms with Crippen LogP contribution >= 0.6 is 11.3 Å². The minimum atomic E-state index is 0.211. The van der Waals surface area contributed by atoms with Gasteiger partial charge >= 0.3 is 0 Å². The predicted octanol–water partition coefficient (Wildman–Crippen LogP) is 2.66. The van der Waals surface area contributed by atoms with E-state index in [1.807, 2.05) is 24.7 Å². The van der Waals surface area contributed by atoms with Crippen molar-refractivity contribution in [3.05, 3.63) is 41.7 Å². The Morgan fingerprint density at radius 2 is 2.25 bits per heavy atom. The number of likely N-dealkylation sites (tertiary alicyclic amines) is 1. The van der Waals surface area contributed by atoms with Gasteiger partial charge in [0.15, 0.2) is 5.13 Å². The molecule has 24 heavy (non-hydrogen) atoms. The molecule has 2 fully saturated rings. The molecule has 6 heteroatoms. The Morgan fingerprint density at radius 1 is 1.25 bits per heavy atom. The Bertz CT molecular complexity index is 636. The van der Waals surface area contributed by atoms with E-state index in [1.54, 1.807) is 11.3 Å². The first-order chi connectivity index (χ1) is 11.8. The molecule has 0 saturated carbocycles. The highest BCUT2D eigenvalue weighted by Crippen LogP contribution is 2.35. The predicted molar refractivity (Wildman–Crippen MR) is 96.3 cm³/mol. The van der Waals surface area contributed by atoms with Crippen molar-refractivity contribution in [2.75, 3.05) is 44.3 Å². The number of aromatic nitrogens is 2. The van der Waals surface area contributed by atoms with Crippen molar-refractivity contribution in [1.82, 2.24) is 14.9 Å². The third kappa shape index (κ3) is 3.61. The number of piperidine rings is 1. The second kappa shape index (κ2) is 7.17. The van der Waals surface area contributed by atoms with Crippen LogP contribution in [0.4, 0.5) is 5.13 Å². The van der Waals surface area contributed by atoms with Crippen LogP contribution < -0.4 is 4.90 Å². The molecule has 1 spiro atoms. The number of ether oxygens (including phenoxy) is 1. The average Bonchev–Trinajstić information content (AvgIpc) is 3.07. The monoisotopic (exact) mass is 344 g/mol. The maximum atomic E-state index is 6.01. The summed E-state index contributed by atoms with van der Waals surface area (Å²) in [7, 11) is 0. The van der Waals surface area contributed by atoms with Crippen LogP contribution in [0, 0.1) is 5.41 Å². The summed E-state index contributed by atoms with van der Waals surface area (Å²) in [5.74, 6) is 0. The van der Waals surface area contributed by atoms with E-state index in [4.69, 9.17) is 4.74 Å². The zero-order valence-corrected chi connectivity index (χ0v) is 14.7. The van der Waals surface area contributed by atoms with Gasteiger partial charge in [-0.05, 0) is 31.0 Å². The molecule has 4 heterocycles. The van der Waals surface area contributed by atoms with Gasteiger partial charge in [0.1, 0.15) is 0 Å². The molecule has 0 bridgehead atoms. The minimum absolute atomic E-state index is 0.211. The summed E-state index contributed by atoms with van der Waals surface area (Å²) in [5.41, 5.74) is 1.50. The van der Waals surface area contributed by atoms with Crippen molar-refractivity contribution in [2.45, 2.75) is 19.4 Å². The lowest BCUT2D eigenvalue weighted by atomic mass is 9.80. The first-order valence-electron chi connectivity index (χ1n) is 8.67. The average molecular weight is 344 g/mol. The zero-order valence-electron chi connectivity index (χ0n) is 13.9. The van der Waals surface area contributed by atoms with E-state index in [-0.39, 0.29) is 5.41 Å². The number of nitrogens with zero attached hydrogens (tertiary/aromatic N) is 4. The summed E-state index contributed by atoms with van der Waals surface area (Å²) >= 11 is 1.73. The number of rotatable bonds is 3. The number of anilines is 1. The van der Waals surface area contributed by atoms with Crippen molar-refractivity contribution in [2.24, 2.45) is 5.41 Å². The van der Waals surface area contributed by atoms with E-state index >= 15 is 0 Å². The Labute approximate surface area is 147 Å². The highest BCUT2D eigenvalue weighted by Gasteiger charge is 2.39. The largest absolute Gasteiger partial charge is 0.379 e. The highest BCUT2D eigenvalue weighted by atomic mass is 32.1. The summed E-state index contributed by atoms with van der Waals surface area (Å²) in [6.45, 7) is 6.87. The van der Waals surface area contributed by atoms with Crippen molar-refractivity contribution in [1.29, 1.82) is 0 Å². The van der Waals surface area contributed by atoms with Crippen LogP contribution in [0.2, 0.25) is 0 Å². The third-order valence-electron chi connectivity index (χ3n) is 5.00. The topological polar surface area (TPSA) is 41.5 Å². The normalized spacial score (nSPS) is 25.8. The molecule has 0 aliphatic carbocycles. The molecule has 2 aromatic rings. The zero-order chi connectivity index (χ0) is 16.2. The molecule has 0 aromatic carbocycles. The molecule has 1 atom stereocenters. The van der Waals surface area contributed by atoms with Crippen molar-refractivity contribution in [3.8, 4) is 0 Å². The van der Waals surface area contributed by atoms with Crippen LogP contribution in [0.15, 0.2) is 36.1 Å². The van der Waals surface area contributed by atoms with E-state index in [2.05, 4.69) is 31.2 Å². The van der Waals surface area contributed by atoms with Crippen LogP contribution in [0.5, 0.6) is 0 Å². The smallest absolute Gasteiger partial charge is 0.185 e. The molecule has 128 valence electrons. The maximum Gasteiger partial charge on any atom is 0.185 e. The lowest BCUT2D eigenvalue weighted by molar-refractivity contribution is 0.0106. The fourth-order valence-corrected chi connectivity index (χ4v) is 4.64. The Kier molecular flexibility index (Phi) is 4.78. The molecule has 0 radical (unpaired) electrons. The molecule has 2 saturated heterocycles. The summed E-state index contributed by atoms with van der Waals surface area (Å²) in [6.07, 6.45) is 8.18. The van der Waals surface area contributed by atoms with E-state index in [0.717, 1.165) is 51.1 Å². The van der Waals surface area contributed by atoms with E-state index in [9.17, 15) is 0 Å². The summed E-state index contributed by atoms with van der Waals surface area (Å²) in [4.78, 5) is 13.7. The fourth-order valence-electron chi connectivity index (χ4n) is 3.97. The number of hydrogen-bond acceptors (Lipinski definition) is 6. The number of thiazole rings is 1. The second-order valence-corrected chi connectivity index (χ2v) is 7.84. The van der Waals surface area contributed by atoms with E-state index < -0.39 is 0 Å². The van der Waals surface area contributed by atoms with Crippen molar-refractivity contribution >= 4 is 16.5 Å². The van der Waals surface area contributed by atoms with Gasteiger partial charge in [0.25, 0.3) is 0 Å². The molecule has 0 N–H and O–H groups in total. The molecule has 2 aliphatic heterocycles. The molecule has 1 unspecified atom stereocenters. The van der Waals surface area contributed by atoms with Crippen LogP contribution in [0.1, 0.15) is 18.4 Å². The number of hydrogen-bond donors (Lipinski definition) is 0. The molecular formula is C18H24N4OS. The first kappa shape index (κ1) is 16.0. The Morgan fingerprint density at radius 3 is 3.08 bits per heavy atom. The van der Waals surface area contributed by atoms with Gasteiger partial charge in [0, 0.05) is 55.6 Å². The van der Waals surface area contributed by atoms with Gasteiger partial charge in [-0.2, -0.15) is 0 Å². The summed E-state index contributed by atoms with van der Waals surface area (Å²) in [6, 6.07) is 4.19. The number of pyridine rings is 1. The molecule has 2 aliphatic rings. The molecule has 2 aromatic heterocycles. The lowest BCUT2D eigenvalue weighted by Gasteiger charge is -2.43. The van der Waals surface area contributed by atoms with Gasteiger partial charge in [-0.25, -0.2) is 4.98 Å². The first-order valence-corrected chi connectivity index (χ1v) is 9.54. The van der Waals surface area contributed by atoms with Crippen molar-refractivity contribution in [3.63, 3.8) is 0 Å². The van der Waals surface area contributed by atoms with Crippen molar-refractivity contribution < 1.29 is 4.74 Å². The van der Waals surface area contributed by atoms with Crippen LogP contribution in [-0.2, 0) is 11.3 Å². The van der Waals surface area contributed by atoms with Gasteiger partial charge in [0.2, 0.25) is 0 Å². The molecule has 5 nitrogen and oxygen atoms in total. The summed E-state index contributed by atoms with van der Waals surface area (Å²) < 4.78 is 6.01. The van der Waals surface area contributed by atoms with E-state index in [1.165, 1.54) is 18.4 Å². The Hall–Kier alpha value is -1.50.